The monoisotopic (exact) mass is 347 g/mol. The highest BCUT2D eigenvalue weighted by Gasteiger charge is 2.53. The van der Waals surface area contributed by atoms with Gasteiger partial charge in [-0.25, -0.2) is 9.78 Å². The topological polar surface area (TPSA) is 70.5 Å². The van der Waals surface area contributed by atoms with Crippen LogP contribution in [0.15, 0.2) is 12.4 Å². The van der Waals surface area contributed by atoms with E-state index >= 15 is 0 Å². The Kier molecular flexibility index (Phi) is 4.86. The molecule has 1 N–H and O–H groups in total. The van der Waals surface area contributed by atoms with Crippen LogP contribution in [0.1, 0.15) is 46.4 Å². The molecule has 1 aromatic heterocycles. The number of imidazole rings is 1. The standard InChI is InChI=1S/C18H29N5O2/c1-5-22-10-8-19-15(22)12-21-9-6-7-14(11-21)18(4)16(24)23(13(2)3)17(25)20-18/h8,10,13-14H,5-7,9,11-12H2,1-4H3,(H,20,25). The quantitative estimate of drug-likeness (QED) is 0.825. The predicted molar refractivity (Wildman–Crippen MR) is 94.8 cm³/mol. The van der Waals surface area contributed by atoms with Crippen LogP contribution in [0.3, 0.4) is 0 Å². The summed E-state index contributed by atoms with van der Waals surface area (Å²) in [5.74, 6) is 1.08. The number of amides is 3. The van der Waals surface area contributed by atoms with Crippen molar-refractivity contribution in [3.8, 4) is 0 Å². The molecular formula is C18H29N5O2. The first-order chi connectivity index (χ1) is 11.9. The van der Waals surface area contributed by atoms with Gasteiger partial charge in [-0.2, -0.15) is 0 Å². The van der Waals surface area contributed by atoms with Gasteiger partial charge in [0.15, 0.2) is 0 Å². The average Bonchev–Trinajstić information content (AvgIpc) is 3.10. The first-order valence-corrected chi connectivity index (χ1v) is 9.25. The van der Waals surface area contributed by atoms with E-state index in [9.17, 15) is 9.59 Å². The zero-order valence-corrected chi connectivity index (χ0v) is 15.7. The summed E-state index contributed by atoms with van der Waals surface area (Å²) >= 11 is 0. The van der Waals surface area contributed by atoms with Gasteiger partial charge >= 0.3 is 6.03 Å². The van der Waals surface area contributed by atoms with Crippen molar-refractivity contribution in [1.29, 1.82) is 0 Å². The van der Waals surface area contributed by atoms with Crippen LogP contribution in [0.2, 0.25) is 0 Å². The molecule has 0 aromatic carbocycles. The minimum absolute atomic E-state index is 0.0885. The van der Waals surface area contributed by atoms with Crippen LogP contribution in [0.5, 0.6) is 0 Å². The third-order valence-electron chi connectivity index (χ3n) is 5.59. The maximum absolute atomic E-state index is 12.9. The zero-order chi connectivity index (χ0) is 18.2. The summed E-state index contributed by atoms with van der Waals surface area (Å²) in [5.41, 5.74) is -0.805. The van der Waals surface area contributed by atoms with E-state index in [1.54, 1.807) is 0 Å². The molecule has 7 heteroatoms. The van der Waals surface area contributed by atoms with Gasteiger partial charge in [0.05, 0.1) is 6.54 Å². The minimum Gasteiger partial charge on any atom is -0.334 e. The third kappa shape index (κ3) is 3.17. The van der Waals surface area contributed by atoms with E-state index in [0.29, 0.717) is 0 Å². The highest BCUT2D eigenvalue weighted by atomic mass is 16.2. The van der Waals surface area contributed by atoms with Crippen LogP contribution < -0.4 is 5.32 Å². The van der Waals surface area contributed by atoms with E-state index < -0.39 is 5.54 Å². The molecule has 2 aliphatic rings. The molecule has 2 aliphatic heterocycles. The predicted octanol–water partition coefficient (Wildman–Crippen LogP) is 1.83. The number of hydrogen-bond acceptors (Lipinski definition) is 4. The van der Waals surface area contributed by atoms with Crippen molar-refractivity contribution in [2.45, 2.75) is 65.2 Å². The van der Waals surface area contributed by atoms with Gasteiger partial charge in [0, 0.05) is 37.4 Å². The molecule has 2 saturated heterocycles. The highest BCUT2D eigenvalue weighted by Crippen LogP contribution is 2.33. The number of piperidine rings is 1. The van der Waals surface area contributed by atoms with Crippen LogP contribution in [-0.2, 0) is 17.9 Å². The molecule has 2 fully saturated rings. The maximum Gasteiger partial charge on any atom is 0.325 e. The second kappa shape index (κ2) is 6.78. The molecule has 0 radical (unpaired) electrons. The molecule has 0 spiro atoms. The number of hydrogen-bond donors (Lipinski definition) is 1. The van der Waals surface area contributed by atoms with Crippen molar-refractivity contribution in [3.63, 3.8) is 0 Å². The first kappa shape index (κ1) is 17.9. The number of carbonyl (C=O) groups is 2. The summed E-state index contributed by atoms with van der Waals surface area (Å²) in [5, 5.41) is 2.97. The van der Waals surface area contributed by atoms with E-state index in [1.165, 1.54) is 4.90 Å². The molecule has 3 heterocycles. The van der Waals surface area contributed by atoms with Crippen molar-refractivity contribution in [2.24, 2.45) is 5.92 Å². The maximum atomic E-state index is 12.9. The summed E-state index contributed by atoms with van der Waals surface area (Å²) < 4.78 is 2.15. The fraction of sp³-hybridized carbons (Fsp3) is 0.722. The van der Waals surface area contributed by atoms with Crippen molar-refractivity contribution in [3.05, 3.63) is 18.2 Å². The second-order valence-corrected chi connectivity index (χ2v) is 7.61. The van der Waals surface area contributed by atoms with Gasteiger partial charge in [0.2, 0.25) is 0 Å². The van der Waals surface area contributed by atoms with E-state index in [1.807, 2.05) is 33.2 Å². The van der Waals surface area contributed by atoms with Crippen molar-refractivity contribution < 1.29 is 9.59 Å². The molecule has 138 valence electrons. The Morgan fingerprint density at radius 1 is 1.40 bits per heavy atom. The minimum atomic E-state index is -0.805. The third-order valence-corrected chi connectivity index (χ3v) is 5.59. The fourth-order valence-electron chi connectivity index (χ4n) is 4.07. The Morgan fingerprint density at radius 3 is 2.80 bits per heavy atom. The van der Waals surface area contributed by atoms with Crippen molar-refractivity contribution in [2.75, 3.05) is 13.1 Å². The Bertz CT molecular complexity index is 656. The van der Waals surface area contributed by atoms with Gasteiger partial charge in [-0.3, -0.25) is 14.6 Å². The number of aryl methyl sites for hydroxylation is 1. The molecule has 0 saturated carbocycles. The molecule has 0 aliphatic carbocycles. The fourth-order valence-corrected chi connectivity index (χ4v) is 4.07. The molecule has 3 amide bonds. The average molecular weight is 347 g/mol. The number of nitrogens with one attached hydrogen (secondary N) is 1. The summed E-state index contributed by atoms with van der Waals surface area (Å²) in [4.78, 5) is 33.4. The highest BCUT2D eigenvalue weighted by molar-refractivity contribution is 6.07. The molecule has 0 bridgehead atoms. The van der Waals surface area contributed by atoms with Gasteiger partial charge in [-0.1, -0.05) is 0 Å². The first-order valence-electron chi connectivity index (χ1n) is 9.25. The van der Waals surface area contributed by atoms with Crippen LogP contribution >= 0.6 is 0 Å². The van der Waals surface area contributed by atoms with Gasteiger partial charge in [0.1, 0.15) is 11.4 Å². The van der Waals surface area contributed by atoms with Crippen LogP contribution in [0.25, 0.3) is 0 Å². The second-order valence-electron chi connectivity index (χ2n) is 7.61. The Balaban J connectivity index is 1.73. The molecule has 7 nitrogen and oxygen atoms in total. The SMILES string of the molecule is CCn1ccnc1CN1CCCC(C2(C)NC(=O)N(C(C)C)C2=O)C1. The summed E-state index contributed by atoms with van der Waals surface area (Å²) in [6.45, 7) is 11.2. The Morgan fingerprint density at radius 2 is 2.16 bits per heavy atom. The lowest BCUT2D eigenvalue weighted by molar-refractivity contribution is -0.134. The number of rotatable bonds is 5. The Labute approximate surface area is 149 Å². The van der Waals surface area contributed by atoms with E-state index in [4.69, 9.17) is 0 Å². The molecular weight excluding hydrogens is 318 g/mol. The number of likely N-dealkylation sites (tertiary alicyclic amines) is 1. The van der Waals surface area contributed by atoms with Crippen LogP contribution in [-0.4, -0.2) is 56.0 Å². The lowest BCUT2D eigenvalue weighted by atomic mass is 9.80. The van der Waals surface area contributed by atoms with Crippen LogP contribution in [0.4, 0.5) is 4.79 Å². The molecule has 1 aromatic rings. The molecule has 2 atom stereocenters. The van der Waals surface area contributed by atoms with Crippen LogP contribution in [0, 0.1) is 5.92 Å². The zero-order valence-electron chi connectivity index (χ0n) is 15.7. The molecule has 3 rings (SSSR count). The van der Waals surface area contributed by atoms with E-state index in [2.05, 4.69) is 26.7 Å². The van der Waals surface area contributed by atoms with Gasteiger partial charge in [0.25, 0.3) is 5.91 Å². The van der Waals surface area contributed by atoms with E-state index in [-0.39, 0.29) is 23.9 Å². The normalized spacial score (nSPS) is 28.0. The van der Waals surface area contributed by atoms with Crippen molar-refractivity contribution in [1.82, 2.24) is 24.7 Å². The summed E-state index contributed by atoms with van der Waals surface area (Å²) in [6.07, 6.45) is 5.81. The number of nitrogens with zero attached hydrogens (tertiary/aromatic N) is 4. The van der Waals surface area contributed by atoms with E-state index in [0.717, 1.165) is 44.8 Å². The summed E-state index contributed by atoms with van der Waals surface area (Å²) in [7, 11) is 0. The molecule has 2 unspecified atom stereocenters. The van der Waals surface area contributed by atoms with Gasteiger partial charge in [-0.05, 0) is 47.1 Å². The van der Waals surface area contributed by atoms with Crippen molar-refractivity contribution >= 4 is 11.9 Å². The van der Waals surface area contributed by atoms with Gasteiger partial charge < -0.3 is 9.88 Å². The lowest BCUT2D eigenvalue weighted by Crippen LogP contribution is -2.56. The molecule has 25 heavy (non-hydrogen) atoms. The lowest BCUT2D eigenvalue weighted by Gasteiger charge is -2.39. The number of carbonyl (C=O) groups excluding carboxylic acids is 2. The smallest absolute Gasteiger partial charge is 0.325 e. The number of imide groups is 1. The summed E-state index contributed by atoms with van der Waals surface area (Å²) in [6, 6.07) is -0.382. The Hall–Kier alpha value is -1.89. The number of aromatic nitrogens is 2. The van der Waals surface area contributed by atoms with Gasteiger partial charge in [-0.15, -0.1) is 0 Å². The number of urea groups is 1. The largest absolute Gasteiger partial charge is 0.334 e.